The lowest BCUT2D eigenvalue weighted by molar-refractivity contribution is -0.0130. The van der Waals surface area contributed by atoms with Crippen LogP contribution in [0.25, 0.3) is 0 Å². The third-order valence-corrected chi connectivity index (χ3v) is 2.01. The standard InChI is InChI=1S/C11H23NO2/c1-11(2,3)14-8-4-5-12-6-9-13-10-7-12/h4-10H2,1-3H3/i8D2. The van der Waals surface area contributed by atoms with Crippen molar-refractivity contribution in [3.63, 3.8) is 0 Å². The molecule has 14 heavy (non-hydrogen) atoms. The number of rotatable bonds is 4. The summed E-state index contributed by atoms with van der Waals surface area (Å²) >= 11 is 0. The van der Waals surface area contributed by atoms with Gasteiger partial charge in [-0.1, -0.05) is 0 Å². The van der Waals surface area contributed by atoms with Crippen molar-refractivity contribution >= 4 is 0 Å². The molecule has 1 aliphatic rings. The highest BCUT2D eigenvalue weighted by molar-refractivity contribution is 4.63. The van der Waals surface area contributed by atoms with Crippen molar-refractivity contribution in [2.75, 3.05) is 39.4 Å². The van der Waals surface area contributed by atoms with Crippen LogP contribution in [0, 0.1) is 0 Å². The van der Waals surface area contributed by atoms with E-state index in [4.69, 9.17) is 12.2 Å². The Labute approximate surface area is 90.2 Å². The van der Waals surface area contributed by atoms with Crippen LogP contribution in [-0.2, 0) is 9.47 Å². The molecule has 0 aromatic rings. The van der Waals surface area contributed by atoms with Crippen LogP contribution in [0.4, 0.5) is 0 Å². The van der Waals surface area contributed by atoms with Crippen LogP contribution < -0.4 is 0 Å². The second kappa shape index (κ2) is 5.69. The van der Waals surface area contributed by atoms with E-state index in [0.29, 0.717) is 6.42 Å². The summed E-state index contributed by atoms with van der Waals surface area (Å²) in [6.07, 6.45) is 0.407. The molecule has 1 aliphatic heterocycles. The maximum absolute atomic E-state index is 7.79. The predicted octanol–water partition coefficient (Wildman–Crippen LogP) is 1.52. The van der Waals surface area contributed by atoms with Crippen LogP contribution >= 0.6 is 0 Å². The minimum atomic E-state index is -1.55. The van der Waals surface area contributed by atoms with Gasteiger partial charge in [0, 0.05) is 26.2 Å². The van der Waals surface area contributed by atoms with Crippen molar-refractivity contribution in [1.29, 1.82) is 0 Å². The molecule has 0 atom stereocenters. The van der Waals surface area contributed by atoms with Crippen LogP contribution in [0.3, 0.4) is 0 Å². The molecular weight excluding hydrogens is 178 g/mol. The van der Waals surface area contributed by atoms with Crippen molar-refractivity contribution in [3.8, 4) is 0 Å². The second-order valence-electron chi connectivity index (χ2n) is 4.56. The number of ether oxygens (including phenoxy) is 2. The molecule has 0 spiro atoms. The van der Waals surface area contributed by atoms with Gasteiger partial charge in [0.1, 0.15) is 0 Å². The van der Waals surface area contributed by atoms with Gasteiger partial charge in [-0.15, -0.1) is 0 Å². The van der Waals surface area contributed by atoms with Gasteiger partial charge in [0.2, 0.25) is 0 Å². The highest BCUT2D eigenvalue weighted by Gasteiger charge is 2.11. The summed E-state index contributed by atoms with van der Waals surface area (Å²) in [4.78, 5) is 2.22. The molecule has 0 amide bonds. The molecule has 3 nitrogen and oxygen atoms in total. The van der Waals surface area contributed by atoms with Crippen molar-refractivity contribution < 1.29 is 12.2 Å². The summed E-state index contributed by atoms with van der Waals surface area (Å²) < 4.78 is 26.2. The summed E-state index contributed by atoms with van der Waals surface area (Å²) in [7, 11) is 0. The highest BCUT2D eigenvalue weighted by Crippen LogP contribution is 2.07. The minimum Gasteiger partial charge on any atom is -0.379 e. The molecule has 0 unspecified atom stereocenters. The normalized spacial score (nSPS) is 23.1. The fraction of sp³-hybridized carbons (Fsp3) is 1.00. The molecular formula is C11H23NO2. The zero-order chi connectivity index (χ0) is 12.2. The zero-order valence-electron chi connectivity index (χ0n) is 11.5. The Hall–Kier alpha value is -0.120. The van der Waals surface area contributed by atoms with Gasteiger partial charge >= 0.3 is 0 Å². The SMILES string of the molecule is [2H]C([2H])(CCN1CCOCC1)OC(C)(C)C. The van der Waals surface area contributed by atoms with Gasteiger partial charge in [-0.05, 0) is 27.2 Å². The molecule has 0 aliphatic carbocycles. The Balaban J connectivity index is 2.29. The fourth-order valence-electron chi connectivity index (χ4n) is 1.30. The molecule has 1 saturated heterocycles. The van der Waals surface area contributed by atoms with Gasteiger partial charge in [0.05, 0.1) is 21.6 Å². The summed E-state index contributed by atoms with van der Waals surface area (Å²) in [5.74, 6) is 0. The van der Waals surface area contributed by atoms with E-state index in [2.05, 4.69) is 4.90 Å². The third kappa shape index (κ3) is 5.58. The predicted molar refractivity (Wildman–Crippen MR) is 57.6 cm³/mol. The van der Waals surface area contributed by atoms with E-state index in [0.717, 1.165) is 32.8 Å². The van der Waals surface area contributed by atoms with E-state index < -0.39 is 12.2 Å². The monoisotopic (exact) mass is 203 g/mol. The van der Waals surface area contributed by atoms with Gasteiger partial charge in [0.15, 0.2) is 0 Å². The van der Waals surface area contributed by atoms with Gasteiger partial charge < -0.3 is 9.47 Å². The lowest BCUT2D eigenvalue weighted by Gasteiger charge is -2.27. The van der Waals surface area contributed by atoms with Crippen molar-refractivity contribution in [2.45, 2.75) is 32.8 Å². The Morgan fingerprint density at radius 3 is 2.57 bits per heavy atom. The van der Waals surface area contributed by atoms with Crippen molar-refractivity contribution in [3.05, 3.63) is 0 Å². The van der Waals surface area contributed by atoms with E-state index in [1.54, 1.807) is 0 Å². The summed E-state index contributed by atoms with van der Waals surface area (Å²) in [5, 5.41) is 0. The quantitative estimate of drug-likeness (QED) is 0.691. The van der Waals surface area contributed by atoms with Gasteiger partial charge in [-0.2, -0.15) is 0 Å². The molecule has 84 valence electrons. The molecule has 1 fully saturated rings. The Morgan fingerprint density at radius 1 is 1.36 bits per heavy atom. The first-order valence-electron chi connectivity index (χ1n) is 6.29. The lowest BCUT2D eigenvalue weighted by Crippen LogP contribution is -2.37. The van der Waals surface area contributed by atoms with Crippen LogP contribution in [0.15, 0.2) is 0 Å². The summed E-state index contributed by atoms with van der Waals surface area (Å²) in [6, 6.07) is 0. The Kier molecular flexibility index (Phi) is 3.71. The first-order valence-corrected chi connectivity index (χ1v) is 5.29. The first kappa shape index (κ1) is 9.13. The van der Waals surface area contributed by atoms with E-state index >= 15 is 0 Å². The third-order valence-electron chi connectivity index (χ3n) is 2.01. The van der Waals surface area contributed by atoms with E-state index in [-0.39, 0.29) is 0 Å². The van der Waals surface area contributed by atoms with Gasteiger partial charge in [-0.3, -0.25) is 4.90 Å². The minimum absolute atomic E-state index is 0.407. The van der Waals surface area contributed by atoms with Crippen LogP contribution in [0.1, 0.15) is 29.9 Å². The van der Waals surface area contributed by atoms with Crippen LogP contribution in [-0.4, -0.2) is 49.9 Å². The molecule has 0 aromatic heterocycles. The highest BCUT2D eigenvalue weighted by atomic mass is 16.5. The smallest absolute Gasteiger partial charge is 0.0598 e. The maximum Gasteiger partial charge on any atom is 0.0598 e. The molecule has 0 radical (unpaired) electrons. The fourth-order valence-corrected chi connectivity index (χ4v) is 1.30. The maximum atomic E-state index is 7.79. The van der Waals surface area contributed by atoms with E-state index in [9.17, 15) is 0 Å². The van der Waals surface area contributed by atoms with E-state index in [1.807, 2.05) is 20.8 Å². The average molecular weight is 203 g/mol. The largest absolute Gasteiger partial charge is 0.379 e. The van der Waals surface area contributed by atoms with Crippen LogP contribution in [0.2, 0.25) is 0 Å². The summed E-state index contributed by atoms with van der Waals surface area (Å²) in [5.41, 5.74) is -0.436. The van der Waals surface area contributed by atoms with E-state index in [1.165, 1.54) is 0 Å². The topological polar surface area (TPSA) is 21.7 Å². The lowest BCUT2D eigenvalue weighted by atomic mass is 10.2. The molecule has 0 N–H and O–H groups in total. The van der Waals surface area contributed by atoms with Gasteiger partial charge in [-0.25, -0.2) is 0 Å². The number of nitrogens with zero attached hydrogens (tertiary/aromatic N) is 1. The van der Waals surface area contributed by atoms with Crippen molar-refractivity contribution in [1.82, 2.24) is 4.90 Å². The van der Waals surface area contributed by atoms with Crippen molar-refractivity contribution in [2.24, 2.45) is 0 Å². The number of hydrogen-bond donors (Lipinski definition) is 0. The Morgan fingerprint density at radius 2 is 2.00 bits per heavy atom. The molecule has 0 bridgehead atoms. The number of morpholine rings is 1. The summed E-state index contributed by atoms with van der Waals surface area (Å²) in [6.45, 7) is 8.10. The molecule has 0 saturated carbocycles. The first-order chi connectivity index (χ1) is 7.29. The van der Waals surface area contributed by atoms with Crippen LogP contribution in [0.5, 0.6) is 0 Å². The molecule has 3 heteroatoms. The molecule has 0 aromatic carbocycles. The molecule has 1 rings (SSSR count). The zero-order valence-corrected chi connectivity index (χ0v) is 9.51. The number of hydrogen-bond acceptors (Lipinski definition) is 3. The second-order valence-corrected chi connectivity index (χ2v) is 4.56. The van der Waals surface area contributed by atoms with Gasteiger partial charge in [0.25, 0.3) is 0 Å². The Bertz CT molecular complexity index is 211. The molecule has 1 heterocycles. The average Bonchev–Trinajstić information content (AvgIpc) is 2.13.